The highest BCUT2D eigenvalue weighted by Gasteiger charge is 2.43. The van der Waals surface area contributed by atoms with Gasteiger partial charge in [-0.2, -0.15) is 0 Å². The van der Waals surface area contributed by atoms with Crippen LogP contribution in [0.15, 0.2) is 54.6 Å². The maximum atomic E-state index is 12.3. The van der Waals surface area contributed by atoms with Gasteiger partial charge >= 0.3 is 0 Å². The van der Waals surface area contributed by atoms with Crippen LogP contribution < -0.4 is 0 Å². The van der Waals surface area contributed by atoms with Crippen LogP contribution in [0.3, 0.4) is 0 Å². The van der Waals surface area contributed by atoms with Gasteiger partial charge in [0.1, 0.15) is 6.10 Å². The van der Waals surface area contributed by atoms with E-state index in [1.807, 2.05) is 54.4 Å². The van der Waals surface area contributed by atoms with E-state index in [1.54, 1.807) is 7.11 Å². The molecule has 1 saturated heterocycles. The lowest BCUT2D eigenvalue weighted by Gasteiger charge is -2.32. The average molecular weight is 330 g/mol. The summed E-state index contributed by atoms with van der Waals surface area (Å²) in [7, 11) is 3.54. The number of likely N-dealkylation sites (N-methyl/N-ethyl adjacent to an activating group) is 1. The zero-order chi connectivity index (χ0) is 16.4. The first-order valence-electron chi connectivity index (χ1n) is 7.70. The molecule has 1 aliphatic rings. The molecule has 2 aromatic rings. The molecule has 1 aliphatic heterocycles. The number of ether oxygens (including phenoxy) is 1. The topological polar surface area (TPSA) is 29.5 Å². The van der Waals surface area contributed by atoms with E-state index in [0.717, 1.165) is 5.56 Å². The van der Waals surface area contributed by atoms with Crippen molar-refractivity contribution in [3.05, 3.63) is 70.7 Å². The average Bonchev–Trinajstić information content (AvgIpc) is 2.85. The lowest BCUT2D eigenvalue weighted by molar-refractivity contribution is -0.129. The van der Waals surface area contributed by atoms with Gasteiger partial charge in [0, 0.05) is 31.5 Å². The molecule has 3 rings (SSSR count). The van der Waals surface area contributed by atoms with Gasteiger partial charge in [0.2, 0.25) is 5.91 Å². The van der Waals surface area contributed by atoms with E-state index in [9.17, 15) is 4.79 Å². The van der Waals surface area contributed by atoms with Crippen LogP contribution in [-0.4, -0.2) is 31.0 Å². The minimum atomic E-state index is -0.213. The molecule has 0 aromatic heterocycles. The second-order valence-corrected chi connectivity index (χ2v) is 6.36. The third-order valence-corrected chi connectivity index (χ3v) is 4.85. The minimum absolute atomic E-state index is 0.0478. The Morgan fingerprint density at radius 2 is 1.91 bits per heavy atom. The van der Waals surface area contributed by atoms with Crippen LogP contribution in [0.2, 0.25) is 5.02 Å². The maximum Gasteiger partial charge on any atom is 0.223 e. The fraction of sp³-hybridized carbons (Fsp3) is 0.316. The summed E-state index contributed by atoms with van der Waals surface area (Å²) < 4.78 is 5.79. The molecular formula is C19H20ClNO2. The number of benzene rings is 2. The van der Waals surface area contributed by atoms with E-state index in [0.29, 0.717) is 11.4 Å². The Morgan fingerprint density at radius 1 is 1.17 bits per heavy atom. The SMILES string of the molecule is CO[C@@H](c1cccc(Cl)c1)[C@H]1[C@@H](c2ccccc2)CC(=O)N1C. The molecule has 4 heteroatoms. The van der Waals surface area contributed by atoms with Crippen molar-refractivity contribution in [1.29, 1.82) is 0 Å². The van der Waals surface area contributed by atoms with E-state index in [1.165, 1.54) is 5.56 Å². The van der Waals surface area contributed by atoms with Gasteiger partial charge in [-0.25, -0.2) is 0 Å². The Bertz CT molecular complexity index is 689. The third-order valence-electron chi connectivity index (χ3n) is 4.62. The van der Waals surface area contributed by atoms with Crippen LogP contribution in [0.25, 0.3) is 0 Å². The molecule has 23 heavy (non-hydrogen) atoms. The smallest absolute Gasteiger partial charge is 0.223 e. The van der Waals surface area contributed by atoms with Gasteiger partial charge in [-0.05, 0) is 23.3 Å². The van der Waals surface area contributed by atoms with Gasteiger partial charge in [0.05, 0.1) is 6.04 Å². The summed E-state index contributed by atoms with van der Waals surface area (Å²) in [5, 5.41) is 0.674. The molecule has 120 valence electrons. The fourth-order valence-corrected chi connectivity index (χ4v) is 3.67. The monoisotopic (exact) mass is 329 g/mol. The van der Waals surface area contributed by atoms with Crippen molar-refractivity contribution in [3.8, 4) is 0 Å². The first-order chi connectivity index (χ1) is 11.1. The van der Waals surface area contributed by atoms with Crippen LogP contribution in [0.1, 0.15) is 29.6 Å². The van der Waals surface area contributed by atoms with Gasteiger partial charge in [-0.3, -0.25) is 4.79 Å². The molecule has 3 nitrogen and oxygen atoms in total. The number of hydrogen-bond acceptors (Lipinski definition) is 2. The summed E-state index contributed by atoms with van der Waals surface area (Å²) in [6.07, 6.45) is 0.293. The van der Waals surface area contributed by atoms with Crippen molar-refractivity contribution >= 4 is 17.5 Å². The van der Waals surface area contributed by atoms with Crippen molar-refractivity contribution in [2.45, 2.75) is 24.5 Å². The van der Waals surface area contributed by atoms with Crippen LogP contribution in [0.5, 0.6) is 0 Å². The predicted molar refractivity (Wildman–Crippen MR) is 91.6 cm³/mol. The van der Waals surface area contributed by atoms with Crippen molar-refractivity contribution in [1.82, 2.24) is 4.90 Å². The van der Waals surface area contributed by atoms with Crippen molar-refractivity contribution in [3.63, 3.8) is 0 Å². The largest absolute Gasteiger partial charge is 0.375 e. The molecule has 0 bridgehead atoms. The van der Waals surface area contributed by atoms with Crippen molar-refractivity contribution in [2.24, 2.45) is 0 Å². The van der Waals surface area contributed by atoms with Crippen molar-refractivity contribution in [2.75, 3.05) is 14.2 Å². The molecular weight excluding hydrogens is 310 g/mol. The van der Waals surface area contributed by atoms with E-state index < -0.39 is 0 Å². The highest BCUT2D eigenvalue weighted by Crippen LogP contribution is 2.41. The normalized spacial score (nSPS) is 22.4. The number of nitrogens with zero attached hydrogens (tertiary/aromatic N) is 1. The van der Waals surface area contributed by atoms with E-state index in [4.69, 9.17) is 16.3 Å². The van der Waals surface area contributed by atoms with Gasteiger partial charge in [0.15, 0.2) is 0 Å². The Labute approximate surface area is 141 Å². The van der Waals surface area contributed by atoms with E-state index >= 15 is 0 Å². The Morgan fingerprint density at radius 3 is 2.57 bits per heavy atom. The summed E-state index contributed by atoms with van der Waals surface area (Å²) in [6.45, 7) is 0. The standard InChI is InChI=1S/C19H20ClNO2/c1-21-17(22)12-16(13-7-4-3-5-8-13)18(21)19(23-2)14-9-6-10-15(20)11-14/h3-11,16,18-19H,12H2,1-2H3/t16-,18-,19+/m1/s1. The zero-order valence-electron chi connectivity index (χ0n) is 13.3. The number of carbonyl (C=O) groups excluding carboxylic acids is 1. The lowest BCUT2D eigenvalue weighted by Crippen LogP contribution is -2.37. The second kappa shape index (κ2) is 6.73. The first-order valence-corrected chi connectivity index (χ1v) is 8.08. The van der Waals surface area contributed by atoms with Crippen molar-refractivity contribution < 1.29 is 9.53 Å². The number of rotatable bonds is 4. The summed E-state index contributed by atoms with van der Waals surface area (Å²) in [5.74, 6) is 0.255. The van der Waals surface area contributed by atoms with E-state index in [-0.39, 0.29) is 24.0 Å². The third kappa shape index (κ3) is 3.12. The van der Waals surface area contributed by atoms with Gasteiger partial charge in [0.25, 0.3) is 0 Å². The Hall–Kier alpha value is -1.84. The summed E-state index contributed by atoms with van der Waals surface area (Å²) in [4.78, 5) is 14.1. The molecule has 1 heterocycles. The summed E-state index contributed by atoms with van der Waals surface area (Å²) >= 11 is 6.13. The quantitative estimate of drug-likeness (QED) is 0.847. The molecule has 3 atom stereocenters. The molecule has 2 aromatic carbocycles. The molecule has 0 spiro atoms. The minimum Gasteiger partial charge on any atom is -0.375 e. The van der Waals surface area contributed by atoms with Crippen LogP contribution >= 0.6 is 11.6 Å². The van der Waals surface area contributed by atoms with Crippen LogP contribution in [0, 0.1) is 0 Å². The molecule has 0 saturated carbocycles. The number of carbonyl (C=O) groups is 1. The van der Waals surface area contributed by atoms with Gasteiger partial charge in [-0.1, -0.05) is 54.1 Å². The highest BCUT2D eigenvalue weighted by atomic mass is 35.5. The Kier molecular flexibility index (Phi) is 4.69. The van der Waals surface area contributed by atoms with E-state index in [2.05, 4.69) is 12.1 Å². The summed E-state index contributed by atoms with van der Waals surface area (Å²) in [6, 6.07) is 17.8. The van der Waals surface area contributed by atoms with Crippen LogP contribution in [0.4, 0.5) is 0 Å². The summed E-state index contributed by atoms with van der Waals surface area (Å²) in [5.41, 5.74) is 2.16. The maximum absolute atomic E-state index is 12.3. The molecule has 0 unspecified atom stereocenters. The second-order valence-electron chi connectivity index (χ2n) is 5.93. The molecule has 0 N–H and O–H groups in total. The number of likely N-dealkylation sites (tertiary alicyclic amines) is 1. The predicted octanol–water partition coefficient (Wildman–Crippen LogP) is 4.04. The molecule has 1 fully saturated rings. The van der Waals surface area contributed by atoms with Gasteiger partial charge < -0.3 is 9.64 Å². The van der Waals surface area contributed by atoms with Gasteiger partial charge in [-0.15, -0.1) is 0 Å². The first kappa shape index (κ1) is 16.0. The number of hydrogen-bond donors (Lipinski definition) is 0. The molecule has 1 amide bonds. The number of methoxy groups -OCH3 is 1. The zero-order valence-corrected chi connectivity index (χ0v) is 14.0. The lowest BCUT2D eigenvalue weighted by atomic mass is 9.86. The number of halogens is 1. The van der Waals surface area contributed by atoms with Crippen LogP contribution in [-0.2, 0) is 9.53 Å². The highest BCUT2D eigenvalue weighted by molar-refractivity contribution is 6.30. The number of amides is 1. The Balaban J connectivity index is 2.00. The molecule has 0 radical (unpaired) electrons. The fourth-order valence-electron chi connectivity index (χ4n) is 3.47. The molecule has 0 aliphatic carbocycles.